The molecule has 0 aliphatic rings. The quantitative estimate of drug-likeness (QED) is 0.782. The van der Waals surface area contributed by atoms with Crippen molar-refractivity contribution in [3.63, 3.8) is 0 Å². The molecule has 5 heteroatoms. The van der Waals surface area contributed by atoms with Crippen LogP contribution in [0.5, 0.6) is 0 Å². The summed E-state index contributed by atoms with van der Waals surface area (Å²) >= 11 is 0. The Kier molecular flexibility index (Phi) is 3.34. The van der Waals surface area contributed by atoms with Crippen molar-refractivity contribution in [1.82, 2.24) is 0 Å². The van der Waals surface area contributed by atoms with Gasteiger partial charge in [0.25, 0.3) is 0 Å². The Morgan fingerprint density at radius 2 is 2.11 bits per heavy atom. The fourth-order valence-corrected chi connectivity index (χ4v) is 1.88. The van der Waals surface area contributed by atoms with Gasteiger partial charge >= 0.3 is 0 Å². The first-order chi connectivity index (χ1) is 8.38. The summed E-state index contributed by atoms with van der Waals surface area (Å²) < 4.78 is 34.0. The number of fused-ring (bicyclic) bond motifs is 1. The fraction of sp³-hybridized carbons (Fsp3) is 0.308. The summed E-state index contributed by atoms with van der Waals surface area (Å²) in [5.74, 6) is 0.0561. The van der Waals surface area contributed by atoms with E-state index in [1.54, 1.807) is 18.2 Å². The molecule has 2 aromatic rings. The molecule has 0 aliphatic heterocycles. The molecule has 0 fully saturated rings. The van der Waals surface area contributed by atoms with Gasteiger partial charge in [0.05, 0.1) is 16.3 Å². The van der Waals surface area contributed by atoms with E-state index in [4.69, 9.17) is 4.42 Å². The normalized spacial score (nSPS) is 14.4. The molecule has 1 heterocycles. The highest BCUT2D eigenvalue weighted by atomic mass is 32.2. The van der Waals surface area contributed by atoms with Gasteiger partial charge < -0.3 is 4.42 Å². The van der Waals surface area contributed by atoms with Gasteiger partial charge in [-0.3, -0.25) is 0 Å². The molecule has 0 unspecified atom stereocenters. The van der Waals surface area contributed by atoms with Gasteiger partial charge in [-0.25, -0.2) is 8.60 Å². The fourth-order valence-electron chi connectivity index (χ4n) is 1.37. The van der Waals surface area contributed by atoms with Crippen molar-refractivity contribution in [2.75, 3.05) is 0 Å². The maximum atomic E-state index is 13.4. The van der Waals surface area contributed by atoms with Crippen LogP contribution in [0.3, 0.4) is 0 Å². The molecule has 1 aromatic heterocycles. The topological polar surface area (TPSA) is 42.6 Å². The van der Waals surface area contributed by atoms with E-state index in [9.17, 15) is 8.60 Å². The third kappa shape index (κ3) is 2.67. The highest BCUT2D eigenvalue weighted by Crippen LogP contribution is 2.21. The number of benzene rings is 1. The largest absolute Gasteiger partial charge is 0.455 e. The summed E-state index contributed by atoms with van der Waals surface area (Å²) in [7, 11) is -1.35. The van der Waals surface area contributed by atoms with Crippen LogP contribution in [0.2, 0.25) is 0 Å². The van der Waals surface area contributed by atoms with Gasteiger partial charge in [-0.2, -0.15) is 4.40 Å². The molecule has 3 nitrogen and oxygen atoms in total. The van der Waals surface area contributed by atoms with Crippen LogP contribution in [0.4, 0.5) is 4.39 Å². The molecule has 0 saturated heterocycles. The zero-order valence-corrected chi connectivity index (χ0v) is 11.3. The van der Waals surface area contributed by atoms with Crippen molar-refractivity contribution >= 4 is 28.2 Å². The molecule has 1 atom stereocenters. The van der Waals surface area contributed by atoms with E-state index in [2.05, 4.69) is 4.40 Å². The van der Waals surface area contributed by atoms with Crippen molar-refractivity contribution < 1.29 is 13.0 Å². The minimum Gasteiger partial charge on any atom is -0.455 e. The van der Waals surface area contributed by atoms with E-state index in [0.717, 1.165) is 0 Å². The monoisotopic (exact) mass is 267 g/mol. The van der Waals surface area contributed by atoms with Gasteiger partial charge in [-0.15, -0.1) is 0 Å². The smallest absolute Gasteiger partial charge is 0.147 e. The van der Waals surface area contributed by atoms with E-state index in [0.29, 0.717) is 16.7 Å². The third-order valence-electron chi connectivity index (χ3n) is 2.33. The van der Waals surface area contributed by atoms with Crippen LogP contribution >= 0.6 is 0 Å². The molecule has 0 amide bonds. The van der Waals surface area contributed by atoms with E-state index >= 15 is 0 Å². The highest BCUT2D eigenvalue weighted by molar-refractivity contribution is 7.85. The first-order valence-electron chi connectivity index (χ1n) is 5.52. The maximum Gasteiger partial charge on any atom is 0.147 e. The SMILES string of the molecule is CC(C)(C)[S@](=O)N=Cc1cc2c(F)cccc2o1. The second kappa shape index (κ2) is 4.65. The molecule has 0 spiro atoms. The summed E-state index contributed by atoms with van der Waals surface area (Å²) in [6, 6.07) is 6.17. The highest BCUT2D eigenvalue weighted by Gasteiger charge is 2.18. The van der Waals surface area contributed by atoms with Crippen LogP contribution in [0.15, 0.2) is 33.1 Å². The summed E-state index contributed by atoms with van der Waals surface area (Å²) in [5, 5.41) is 0.403. The Hall–Kier alpha value is -1.49. The van der Waals surface area contributed by atoms with Crippen LogP contribution in [0.25, 0.3) is 11.0 Å². The number of rotatable bonds is 2. The minimum absolute atomic E-state index is 0.340. The van der Waals surface area contributed by atoms with Crippen molar-refractivity contribution in [3.8, 4) is 0 Å². The average molecular weight is 267 g/mol. The minimum atomic E-state index is -1.35. The zero-order chi connectivity index (χ0) is 13.3. The maximum absolute atomic E-state index is 13.4. The van der Waals surface area contributed by atoms with Gasteiger partial charge in [0.15, 0.2) is 0 Å². The molecular weight excluding hydrogens is 253 g/mol. The number of nitrogens with zero attached hydrogens (tertiary/aromatic N) is 1. The zero-order valence-electron chi connectivity index (χ0n) is 10.4. The van der Waals surface area contributed by atoms with E-state index < -0.39 is 15.7 Å². The first kappa shape index (κ1) is 13.0. The Labute approximate surface area is 107 Å². The summed E-state index contributed by atoms with van der Waals surface area (Å²) in [6.07, 6.45) is 1.38. The lowest BCUT2D eigenvalue weighted by Gasteiger charge is -2.12. The van der Waals surface area contributed by atoms with E-state index in [1.165, 1.54) is 12.3 Å². The molecule has 2 rings (SSSR count). The van der Waals surface area contributed by atoms with E-state index in [-0.39, 0.29) is 5.82 Å². The van der Waals surface area contributed by atoms with Gasteiger partial charge in [0.2, 0.25) is 0 Å². The predicted octanol–water partition coefficient (Wildman–Crippen LogP) is 3.45. The van der Waals surface area contributed by atoms with E-state index in [1.807, 2.05) is 20.8 Å². The van der Waals surface area contributed by atoms with Gasteiger partial charge in [-0.05, 0) is 39.0 Å². The van der Waals surface area contributed by atoms with Crippen LogP contribution in [-0.4, -0.2) is 15.2 Å². The molecule has 1 aromatic carbocycles. The second-order valence-electron chi connectivity index (χ2n) is 4.90. The molecule has 0 aliphatic carbocycles. The average Bonchev–Trinajstić information content (AvgIpc) is 2.69. The molecule has 0 bridgehead atoms. The number of hydrogen-bond acceptors (Lipinski definition) is 2. The lowest BCUT2D eigenvalue weighted by atomic mass is 10.2. The number of hydrogen-bond donors (Lipinski definition) is 0. The Morgan fingerprint density at radius 1 is 1.39 bits per heavy atom. The van der Waals surface area contributed by atoms with Gasteiger partial charge in [0.1, 0.15) is 28.1 Å². The van der Waals surface area contributed by atoms with Crippen molar-refractivity contribution in [2.24, 2.45) is 4.40 Å². The van der Waals surface area contributed by atoms with Crippen molar-refractivity contribution in [2.45, 2.75) is 25.5 Å². The van der Waals surface area contributed by atoms with Gasteiger partial charge in [-0.1, -0.05) is 6.07 Å². The van der Waals surface area contributed by atoms with Crippen LogP contribution in [-0.2, 0) is 11.0 Å². The lowest BCUT2D eigenvalue weighted by molar-refractivity contribution is 0.603. The van der Waals surface area contributed by atoms with Crippen LogP contribution < -0.4 is 0 Å². The lowest BCUT2D eigenvalue weighted by Crippen LogP contribution is -2.19. The molecule has 0 saturated carbocycles. The van der Waals surface area contributed by atoms with Crippen molar-refractivity contribution in [3.05, 3.63) is 35.8 Å². The third-order valence-corrected chi connectivity index (χ3v) is 3.67. The Bertz CT molecular complexity index is 625. The summed E-state index contributed by atoms with van der Waals surface area (Å²) in [6.45, 7) is 5.50. The molecule has 0 radical (unpaired) electrons. The standard InChI is InChI=1S/C13H14FNO2S/c1-13(2,3)18(16)15-8-9-7-10-11(14)5-4-6-12(10)17-9/h4-8H,1-3H3/t18-/m0/s1. The number of furan rings is 1. The predicted molar refractivity (Wildman–Crippen MR) is 71.7 cm³/mol. The van der Waals surface area contributed by atoms with Crippen LogP contribution in [0, 0.1) is 5.82 Å². The first-order valence-corrected chi connectivity index (χ1v) is 6.63. The van der Waals surface area contributed by atoms with Gasteiger partial charge in [0, 0.05) is 0 Å². The summed E-state index contributed by atoms with van der Waals surface area (Å²) in [4.78, 5) is 0. The Balaban J connectivity index is 2.31. The second-order valence-corrected chi connectivity index (χ2v) is 6.83. The molecule has 18 heavy (non-hydrogen) atoms. The molecule has 96 valence electrons. The molecule has 0 N–H and O–H groups in total. The van der Waals surface area contributed by atoms with Crippen LogP contribution in [0.1, 0.15) is 26.5 Å². The number of halogens is 1. The summed E-state index contributed by atoms with van der Waals surface area (Å²) in [5.41, 5.74) is 0.456. The van der Waals surface area contributed by atoms with Crippen molar-refractivity contribution in [1.29, 1.82) is 0 Å². The molecular formula is C13H14FNO2S. The Morgan fingerprint density at radius 3 is 2.72 bits per heavy atom.